The normalized spacial score (nSPS) is 10.8. The Morgan fingerprint density at radius 1 is 1.26 bits per heavy atom. The van der Waals surface area contributed by atoms with Gasteiger partial charge < -0.3 is 15.4 Å². The maximum absolute atomic E-state index is 5.05. The molecule has 0 aliphatic rings. The number of aryl methyl sites for hydroxylation is 1. The number of ether oxygens (including phenoxy) is 1. The van der Waals surface area contributed by atoms with Gasteiger partial charge in [0.05, 0.1) is 20.2 Å². The van der Waals surface area contributed by atoms with Gasteiger partial charge in [-0.05, 0) is 31.5 Å². The van der Waals surface area contributed by atoms with Crippen LogP contribution in [0.1, 0.15) is 22.2 Å². The van der Waals surface area contributed by atoms with E-state index >= 15 is 0 Å². The zero-order chi connectivity index (χ0) is 15.8. The molecule has 0 amide bonds. The highest BCUT2D eigenvalue weighted by atomic mass is 127. The minimum Gasteiger partial charge on any atom is -0.481 e. The van der Waals surface area contributed by atoms with E-state index in [9.17, 15) is 0 Å². The minimum absolute atomic E-state index is 0. The number of thiophene rings is 1. The Morgan fingerprint density at radius 3 is 2.65 bits per heavy atom. The lowest BCUT2D eigenvalue weighted by Crippen LogP contribution is -2.36. The summed E-state index contributed by atoms with van der Waals surface area (Å²) < 4.78 is 5.05. The van der Waals surface area contributed by atoms with E-state index in [1.807, 2.05) is 12.1 Å². The number of nitrogens with zero attached hydrogens (tertiary/aromatic N) is 2. The van der Waals surface area contributed by atoms with Crippen molar-refractivity contribution in [2.45, 2.75) is 26.9 Å². The lowest BCUT2D eigenvalue weighted by molar-refractivity contribution is 0.397. The summed E-state index contributed by atoms with van der Waals surface area (Å²) in [5, 5.41) is 6.60. The predicted octanol–water partition coefficient (Wildman–Crippen LogP) is 3.33. The van der Waals surface area contributed by atoms with Crippen molar-refractivity contribution in [2.75, 3.05) is 13.7 Å². The monoisotopic (exact) mass is 446 g/mol. The molecule has 0 saturated carbocycles. The second-order valence-corrected chi connectivity index (χ2v) is 6.14. The highest BCUT2D eigenvalue weighted by molar-refractivity contribution is 14.0. The van der Waals surface area contributed by atoms with Gasteiger partial charge in [-0.2, -0.15) is 0 Å². The van der Waals surface area contributed by atoms with Crippen molar-refractivity contribution in [3.8, 4) is 5.88 Å². The largest absolute Gasteiger partial charge is 0.481 e. The Kier molecular flexibility index (Phi) is 8.93. The molecule has 0 aromatic carbocycles. The van der Waals surface area contributed by atoms with Crippen molar-refractivity contribution in [1.82, 2.24) is 15.6 Å². The van der Waals surface area contributed by atoms with Gasteiger partial charge in [-0.15, -0.1) is 35.3 Å². The number of halogens is 1. The first kappa shape index (κ1) is 19.7. The number of guanidine groups is 1. The van der Waals surface area contributed by atoms with Crippen LogP contribution in [0, 0.1) is 6.92 Å². The summed E-state index contributed by atoms with van der Waals surface area (Å²) in [5.74, 6) is 1.43. The molecule has 0 unspecified atom stereocenters. The van der Waals surface area contributed by atoms with Crippen LogP contribution < -0.4 is 15.4 Å². The number of nitrogens with one attached hydrogen (secondary N) is 2. The van der Waals surface area contributed by atoms with Gasteiger partial charge in [-0.3, -0.25) is 0 Å². The Hall–Kier alpha value is -1.35. The van der Waals surface area contributed by atoms with Gasteiger partial charge >= 0.3 is 0 Å². The molecule has 2 heterocycles. The molecular formula is C16H23IN4OS. The molecule has 0 aliphatic heterocycles. The first-order chi connectivity index (χ1) is 10.7. The predicted molar refractivity (Wildman–Crippen MR) is 107 cm³/mol. The molecule has 0 aliphatic carbocycles. The number of hydrogen-bond donors (Lipinski definition) is 2. The maximum Gasteiger partial charge on any atom is 0.212 e. The molecule has 2 aromatic rings. The number of rotatable bonds is 6. The van der Waals surface area contributed by atoms with Crippen LogP contribution in [0.2, 0.25) is 0 Å². The van der Waals surface area contributed by atoms with E-state index in [0.717, 1.165) is 24.6 Å². The van der Waals surface area contributed by atoms with E-state index in [4.69, 9.17) is 4.74 Å². The zero-order valence-electron chi connectivity index (χ0n) is 13.6. The molecule has 0 radical (unpaired) electrons. The van der Waals surface area contributed by atoms with Gasteiger partial charge in [0.2, 0.25) is 5.88 Å². The number of aliphatic imine (C=N–C) groups is 1. The Balaban J connectivity index is 0.00000264. The van der Waals surface area contributed by atoms with Crippen molar-refractivity contribution in [3.63, 3.8) is 0 Å². The van der Waals surface area contributed by atoms with Crippen LogP contribution in [-0.4, -0.2) is 24.6 Å². The quantitative estimate of drug-likeness (QED) is 0.406. The summed E-state index contributed by atoms with van der Waals surface area (Å²) in [4.78, 5) is 11.4. The molecule has 126 valence electrons. The lowest BCUT2D eigenvalue weighted by Gasteiger charge is -2.10. The fourth-order valence-corrected chi connectivity index (χ4v) is 2.72. The van der Waals surface area contributed by atoms with E-state index in [2.05, 4.69) is 46.6 Å². The summed E-state index contributed by atoms with van der Waals surface area (Å²) in [6.07, 6.45) is 1.79. The van der Waals surface area contributed by atoms with E-state index in [1.54, 1.807) is 24.6 Å². The summed E-state index contributed by atoms with van der Waals surface area (Å²) >= 11 is 1.80. The van der Waals surface area contributed by atoms with Crippen LogP contribution in [0.5, 0.6) is 5.88 Å². The average Bonchev–Trinajstić information content (AvgIpc) is 2.96. The van der Waals surface area contributed by atoms with Crippen molar-refractivity contribution < 1.29 is 4.74 Å². The van der Waals surface area contributed by atoms with Gasteiger partial charge in [-0.1, -0.05) is 6.07 Å². The summed E-state index contributed by atoms with van der Waals surface area (Å²) in [5.41, 5.74) is 1.05. The highest BCUT2D eigenvalue weighted by Gasteiger charge is 2.01. The smallest absolute Gasteiger partial charge is 0.212 e. The molecule has 2 N–H and O–H groups in total. The van der Waals surface area contributed by atoms with Crippen LogP contribution in [0.3, 0.4) is 0 Å². The third-order valence-corrected chi connectivity index (χ3v) is 4.00. The molecule has 0 saturated heterocycles. The third kappa shape index (κ3) is 6.74. The van der Waals surface area contributed by atoms with Gasteiger partial charge in [0.15, 0.2) is 5.96 Å². The second-order valence-electron chi connectivity index (χ2n) is 4.77. The van der Waals surface area contributed by atoms with E-state index < -0.39 is 0 Å². The Labute approximate surface area is 158 Å². The molecule has 0 bridgehead atoms. The molecule has 23 heavy (non-hydrogen) atoms. The van der Waals surface area contributed by atoms with Crippen molar-refractivity contribution >= 4 is 41.3 Å². The van der Waals surface area contributed by atoms with E-state index in [-0.39, 0.29) is 24.0 Å². The van der Waals surface area contributed by atoms with Crippen LogP contribution in [0.15, 0.2) is 35.5 Å². The van der Waals surface area contributed by atoms with Gasteiger partial charge in [0.25, 0.3) is 0 Å². The molecule has 5 nitrogen and oxygen atoms in total. The number of methoxy groups -OCH3 is 1. The molecule has 0 spiro atoms. The minimum atomic E-state index is 0. The third-order valence-electron chi connectivity index (χ3n) is 3.00. The molecular weight excluding hydrogens is 423 g/mol. The molecule has 2 rings (SSSR count). The van der Waals surface area contributed by atoms with Crippen LogP contribution in [-0.2, 0) is 13.1 Å². The van der Waals surface area contributed by atoms with Crippen molar-refractivity contribution in [2.24, 2.45) is 4.99 Å². The average molecular weight is 446 g/mol. The van der Waals surface area contributed by atoms with Gasteiger partial charge in [-0.25, -0.2) is 9.98 Å². The highest BCUT2D eigenvalue weighted by Crippen LogP contribution is 2.14. The van der Waals surface area contributed by atoms with Gasteiger partial charge in [0.1, 0.15) is 0 Å². The summed E-state index contributed by atoms with van der Waals surface area (Å²) in [6, 6.07) is 8.10. The summed E-state index contributed by atoms with van der Waals surface area (Å²) in [6.45, 7) is 6.36. The SMILES string of the molecule is CCNC(=NCc1ccc(OC)nc1)NCc1ccc(C)s1.I. The Morgan fingerprint density at radius 2 is 2.09 bits per heavy atom. The van der Waals surface area contributed by atoms with Crippen molar-refractivity contribution in [3.05, 3.63) is 45.8 Å². The van der Waals surface area contributed by atoms with Crippen LogP contribution in [0.4, 0.5) is 0 Å². The maximum atomic E-state index is 5.05. The number of aromatic nitrogens is 1. The van der Waals surface area contributed by atoms with Crippen LogP contribution in [0.25, 0.3) is 0 Å². The number of hydrogen-bond acceptors (Lipinski definition) is 4. The first-order valence-corrected chi connectivity index (χ1v) is 8.09. The second kappa shape index (κ2) is 10.4. The van der Waals surface area contributed by atoms with Crippen molar-refractivity contribution in [1.29, 1.82) is 0 Å². The number of pyridine rings is 1. The Bertz CT molecular complexity index is 613. The standard InChI is InChI=1S/C16H22N4OS.HI/c1-4-17-16(20-11-14-7-5-12(2)22-14)19-10-13-6-8-15(21-3)18-9-13;/h5-9H,4,10-11H2,1-3H3,(H2,17,19,20);1H. The van der Waals surface area contributed by atoms with Crippen LogP contribution >= 0.6 is 35.3 Å². The molecule has 2 aromatic heterocycles. The lowest BCUT2D eigenvalue weighted by atomic mass is 10.3. The first-order valence-electron chi connectivity index (χ1n) is 7.27. The summed E-state index contributed by atoms with van der Waals surface area (Å²) in [7, 11) is 1.61. The van der Waals surface area contributed by atoms with E-state index in [0.29, 0.717) is 12.4 Å². The topological polar surface area (TPSA) is 58.5 Å². The fourth-order valence-electron chi connectivity index (χ4n) is 1.89. The van der Waals surface area contributed by atoms with Gasteiger partial charge in [0, 0.05) is 28.6 Å². The molecule has 0 fully saturated rings. The molecule has 7 heteroatoms. The fraction of sp³-hybridized carbons (Fsp3) is 0.375. The molecule has 0 atom stereocenters. The zero-order valence-corrected chi connectivity index (χ0v) is 16.8. The van der Waals surface area contributed by atoms with E-state index in [1.165, 1.54) is 9.75 Å².